The van der Waals surface area contributed by atoms with Gasteiger partial charge in [-0.3, -0.25) is 21.0 Å². The fourth-order valence-electron chi connectivity index (χ4n) is 3.86. The normalized spacial score (nSPS) is 12.9. The molecule has 36 heavy (non-hydrogen) atoms. The average molecular weight is 485 g/mol. The molecule has 5 N–H and O–H groups in total. The molecule has 0 radical (unpaired) electrons. The van der Waals surface area contributed by atoms with Crippen LogP contribution in [0.1, 0.15) is 16.7 Å². The largest absolute Gasteiger partial charge is 0.407 e. The molecule has 3 aromatic rings. The van der Waals surface area contributed by atoms with Gasteiger partial charge in [0.2, 0.25) is 11.8 Å². The van der Waals surface area contributed by atoms with Gasteiger partial charge < -0.3 is 25.0 Å². The zero-order chi connectivity index (χ0) is 25.3. The number of nitrogens with one attached hydrogen (secondary N) is 5. The number of para-hydroxylation sites is 2. The number of carbonyl (C=O) groups is 1. The van der Waals surface area contributed by atoms with E-state index in [-0.39, 0.29) is 12.4 Å². The lowest BCUT2D eigenvalue weighted by Gasteiger charge is -2.30. The molecule has 1 amide bonds. The van der Waals surface area contributed by atoms with Crippen LogP contribution < -0.4 is 15.5 Å². The quantitative estimate of drug-likeness (QED) is 0.259. The maximum absolute atomic E-state index is 12.6. The molecule has 9 nitrogen and oxygen atoms in total. The van der Waals surface area contributed by atoms with Crippen molar-refractivity contribution < 1.29 is 14.3 Å². The Balaban J connectivity index is 1.33. The van der Waals surface area contributed by atoms with Gasteiger partial charge in [-0.25, -0.2) is 0 Å². The van der Waals surface area contributed by atoms with Crippen molar-refractivity contribution in [3.05, 3.63) is 95.6 Å². The Labute approximate surface area is 209 Å². The van der Waals surface area contributed by atoms with E-state index >= 15 is 0 Å². The number of ether oxygens (including phenoxy) is 2. The van der Waals surface area contributed by atoms with Gasteiger partial charge in [0.25, 0.3) is 6.02 Å². The molecule has 0 unspecified atom stereocenters. The summed E-state index contributed by atoms with van der Waals surface area (Å²) < 4.78 is 10.8. The Morgan fingerprint density at radius 3 is 2.25 bits per heavy atom. The molecule has 0 saturated carbocycles. The molecule has 184 valence electrons. The van der Waals surface area contributed by atoms with Crippen molar-refractivity contribution in [2.24, 2.45) is 0 Å². The summed E-state index contributed by atoms with van der Waals surface area (Å²) in [5.41, 5.74) is 3.52. The van der Waals surface area contributed by atoms with Gasteiger partial charge in [-0.05, 0) is 18.2 Å². The molecule has 0 bridgehead atoms. The van der Waals surface area contributed by atoms with E-state index in [1.54, 1.807) is 24.3 Å². The minimum atomic E-state index is -0.406. The van der Waals surface area contributed by atoms with E-state index in [1.165, 1.54) is 0 Å². The van der Waals surface area contributed by atoms with Crippen LogP contribution in [0, 0.1) is 16.2 Å². The van der Waals surface area contributed by atoms with E-state index in [0.717, 1.165) is 11.3 Å². The van der Waals surface area contributed by atoms with E-state index < -0.39 is 11.9 Å². The van der Waals surface area contributed by atoms with Gasteiger partial charge in [0.05, 0.1) is 36.7 Å². The predicted octanol–water partition coefficient (Wildman–Crippen LogP) is 3.44. The first kappa shape index (κ1) is 24.6. The third kappa shape index (κ3) is 6.13. The Morgan fingerprint density at radius 2 is 1.50 bits per heavy atom. The maximum Gasteiger partial charge on any atom is 0.289 e. The van der Waals surface area contributed by atoms with Gasteiger partial charge >= 0.3 is 0 Å². The SMILES string of the molecule is N=C(NCC(=O)Nc1ccccc1C(=N)c1ccccc1)OC(=N)c1ccccc1N1CCOCC1. The molecule has 9 heteroatoms. The number of hydrogen-bond donors (Lipinski definition) is 5. The second-order valence-electron chi connectivity index (χ2n) is 8.07. The predicted molar refractivity (Wildman–Crippen MR) is 141 cm³/mol. The third-order valence-electron chi connectivity index (χ3n) is 5.65. The first-order chi connectivity index (χ1) is 17.5. The smallest absolute Gasteiger partial charge is 0.289 e. The number of amidine groups is 1. The number of benzene rings is 3. The first-order valence-corrected chi connectivity index (χ1v) is 11.6. The standard InChI is InChI=1S/C27H28N6O3/c28-25(19-8-2-1-3-9-19)20-10-4-6-12-22(20)32-24(34)18-31-27(30)36-26(29)21-11-5-7-13-23(21)33-14-16-35-17-15-33/h1-13,28-29H,14-18H2,(H2,30,31)(H,32,34). The maximum atomic E-state index is 12.6. The summed E-state index contributed by atoms with van der Waals surface area (Å²) in [6, 6.07) is 23.4. The summed E-state index contributed by atoms with van der Waals surface area (Å²) in [7, 11) is 0. The van der Waals surface area contributed by atoms with E-state index in [4.69, 9.17) is 25.7 Å². The third-order valence-corrected chi connectivity index (χ3v) is 5.65. The van der Waals surface area contributed by atoms with Crippen LogP contribution >= 0.6 is 0 Å². The lowest BCUT2D eigenvalue weighted by atomic mass is 10.0. The van der Waals surface area contributed by atoms with Crippen molar-refractivity contribution in [2.75, 3.05) is 43.1 Å². The van der Waals surface area contributed by atoms with E-state index in [9.17, 15) is 4.79 Å². The summed E-state index contributed by atoms with van der Waals surface area (Å²) in [4.78, 5) is 14.7. The summed E-state index contributed by atoms with van der Waals surface area (Å²) >= 11 is 0. The van der Waals surface area contributed by atoms with Crippen molar-refractivity contribution in [3.8, 4) is 0 Å². The topological polar surface area (TPSA) is 134 Å². The van der Waals surface area contributed by atoms with Gasteiger partial charge in [0.1, 0.15) is 0 Å². The summed E-state index contributed by atoms with van der Waals surface area (Å²) in [5.74, 6) is -0.589. The fourth-order valence-corrected chi connectivity index (χ4v) is 3.86. The van der Waals surface area contributed by atoms with Crippen LogP contribution in [0.5, 0.6) is 0 Å². The van der Waals surface area contributed by atoms with Gasteiger partial charge in [0.15, 0.2) is 0 Å². The van der Waals surface area contributed by atoms with Gasteiger partial charge in [0, 0.05) is 29.9 Å². The minimum absolute atomic E-state index is 0.184. The summed E-state index contributed by atoms with van der Waals surface area (Å²) in [6.07, 6.45) is 0. The van der Waals surface area contributed by atoms with Crippen LogP contribution in [0.3, 0.4) is 0 Å². The molecule has 1 aliphatic rings. The summed E-state index contributed by atoms with van der Waals surface area (Å²) in [5, 5.41) is 30.3. The molecule has 3 aromatic carbocycles. The number of hydrogen-bond acceptors (Lipinski definition) is 7. The first-order valence-electron chi connectivity index (χ1n) is 11.6. The summed E-state index contributed by atoms with van der Waals surface area (Å²) in [6.45, 7) is 2.42. The van der Waals surface area contributed by atoms with Crippen LogP contribution in [0.4, 0.5) is 11.4 Å². The lowest BCUT2D eigenvalue weighted by molar-refractivity contribution is -0.115. The van der Waals surface area contributed by atoms with Crippen LogP contribution in [-0.2, 0) is 14.3 Å². The number of nitrogens with zero attached hydrogens (tertiary/aromatic N) is 1. The molecule has 0 spiro atoms. The highest BCUT2D eigenvalue weighted by Crippen LogP contribution is 2.22. The molecule has 1 aliphatic heterocycles. The van der Waals surface area contributed by atoms with E-state index in [0.29, 0.717) is 48.8 Å². The molecular formula is C27H28N6O3. The zero-order valence-electron chi connectivity index (χ0n) is 19.7. The van der Waals surface area contributed by atoms with Crippen LogP contribution in [0.25, 0.3) is 0 Å². The van der Waals surface area contributed by atoms with Gasteiger partial charge in [-0.15, -0.1) is 0 Å². The molecule has 0 aliphatic carbocycles. The van der Waals surface area contributed by atoms with Gasteiger partial charge in [-0.1, -0.05) is 60.7 Å². The molecule has 0 aromatic heterocycles. The van der Waals surface area contributed by atoms with Crippen LogP contribution in [0.2, 0.25) is 0 Å². The zero-order valence-corrected chi connectivity index (χ0v) is 19.7. The number of rotatable bonds is 7. The van der Waals surface area contributed by atoms with Gasteiger partial charge in [-0.2, -0.15) is 0 Å². The fraction of sp³-hybridized carbons (Fsp3) is 0.185. The van der Waals surface area contributed by atoms with E-state index in [1.807, 2.05) is 54.6 Å². The number of morpholine rings is 1. The van der Waals surface area contributed by atoms with Crippen molar-refractivity contribution in [1.29, 1.82) is 16.2 Å². The molecule has 1 saturated heterocycles. The van der Waals surface area contributed by atoms with E-state index in [2.05, 4.69) is 15.5 Å². The Kier molecular flexibility index (Phi) is 8.05. The number of carbonyl (C=O) groups excluding carboxylic acids is 1. The Bertz CT molecular complexity index is 1260. The highest BCUT2D eigenvalue weighted by molar-refractivity contribution is 6.15. The molecule has 1 heterocycles. The number of anilines is 2. The molecular weight excluding hydrogens is 456 g/mol. The Hall–Kier alpha value is -4.50. The highest BCUT2D eigenvalue weighted by Gasteiger charge is 2.19. The molecule has 0 atom stereocenters. The van der Waals surface area contributed by atoms with Crippen molar-refractivity contribution in [3.63, 3.8) is 0 Å². The monoisotopic (exact) mass is 484 g/mol. The second kappa shape index (κ2) is 11.8. The van der Waals surface area contributed by atoms with Crippen molar-refractivity contribution in [2.45, 2.75) is 0 Å². The van der Waals surface area contributed by atoms with Crippen LogP contribution in [0.15, 0.2) is 78.9 Å². The average Bonchev–Trinajstić information content (AvgIpc) is 2.93. The minimum Gasteiger partial charge on any atom is -0.407 e. The van der Waals surface area contributed by atoms with Crippen LogP contribution in [-0.4, -0.2) is 56.4 Å². The molecule has 4 rings (SSSR count). The lowest BCUT2D eigenvalue weighted by Crippen LogP contribution is -2.38. The highest BCUT2D eigenvalue weighted by atomic mass is 16.5. The number of amides is 1. The Morgan fingerprint density at radius 1 is 0.861 bits per heavy atom. The van der Waals surface area contributed by atoms with Crippen molar-refractivity contribution in [1.82, 2.24) is 5.32 Å². The molecule has 1 fully saturated rings. The second-order valence-corrected chi connectivity index (χ2v) is 8.07. The van der Waals surface area contributed by atoms with Crippen molar-refractivity contribution >= 4 is 34.9 Å².